The van der Waals surface area contributed by atoms with Gasteiger partial charge in [-0.2, -0.15) is 0 Å². The first-order chi connectivity index (χ1) is 10.2. The summed E-state index contributed by atoms with van der Waals surface area (Å²) in [5, 5.41) is 0. The fourth-order valence-corrected chi connectivity index (χ4v) is 3.47. The Kier molecular flexibility index (Phi) is 4.28. The lowest BCUT2D eigenvalue weighted by molar-refractivity contribution is 0.443. The molecule has 2 N–H and O–H groups in total. The maximum Gasteiger partial charge on any atom is 0.0314 e. The molecule has 1 nitrogen and oxygen atoms in total. The Balaban J connectivity index is 1.75. The van der Waals surface area contributed by atoms with Crippen LogP contribution in [0.2, 0.25) is 0 Å². The van der Waals surface area contributed by atoms with Crippen LogP contribution in [0.15, 0.2) is 48.5 Å². The molecular formula is C20H25N. The second-order valence-corrected chi connectivity index (χ2v) is 6.39. The molecule has 0 amide bonds. The number of rotatable bonds is 3. The monoisotopic (exact) mass is 279 g/mol. The Morgan fingerprint density at radius 2 is 1.33 bits per heavy atom. The van der Waals surface area contributed by atoms with Crippen molar-refractivity contribution in [3.63, 3.8) is 0 Å². The third-order valence-corrected chi connectivity index (χ3v) is 4.95. The summed E-state index contributed by atoms with van der Waals surface area (Å²) in [7, 11) is 0. The number of nitrogen functional groups attached to an aromatic ring is 1. The van der Waals surface area contributed by atoms with E-state index in [9.17, 15) is 0 Å². The molecule has 0 aromatic heterocycles. The molecule has 1 heteroatoms. The smallest absolute Gasteiger partial charge is 0.0314 e. The van der Waals surface area contributed by atoms with E-state index in [2.05, 4.69) is 43.3 Å². The lowest BCUT2D eigenvalue weighted by Crippen LogP contribution is -2.05. The third kappa shape index (κ3) is 3.29. The maximum atomic E-state index is 5.77. The van der Waals surface area contributed by atoms with Crippen molar-refractivity contribution < 1.29 is 0 Å². The highest BCUT2D eigenvalue weighted by Crippen LogP contribution is 2.33. The van der Waals surface area contributed by atoms with Crippen LogP contribution < -0.4 is 5.73 Å². The van der Waals surface area contributed by atoms with Crippen LogP contribution in [-0.4, -0.2) is 0 Å². The number of nitrogens with two attached hydrogens (primary N) is 1. The highest BCUT2D eigenvalue weighted by atomic mass is 14.5. The van der Waals surface area contributed by atoms with E-state index in [1.807, 2.05) is 12.1 Å². The van der Waals surface area contributed by atoms with Gasteiger partial charge in [0, 0.05) is 11.6 Å². The lowest BCUT2D eigenvalue weighted by Gasteiger charge is -2.22. The molecule has 0 aliphatic heterocycles. The van der Waals surface area contributed by atoms with Crippen LogP contribution in [0.25, 0.3) is 0 Å². The summed E-state index contributed by atoms with van der Waals surface area (Å²) < 4.78 is 0. The van der Waals surface area contributed by atoms with Crippen LogP contribution in [0.3, 0.4) is 0 Å². The topological polar surface area (TPSA) is 26.0 Å². The van der Waals surface area contributed by atoms with Crippen molar-refractivity contribution in [3.8, 4) is 0 Å². The van der Waals surface area contributed by atoms with Gasteiger partial charge in [-0.05, 0) is 47.6 Å². The van der Waals surface area contributed by atoms with Gasteiger partial charge in [0.2, 0.25) is 0 Å². The predicted octanol–water partition coefficient (Wildman–Crippen LogP) is 5.47. The van der Waals surface area contributed by atoms with Gasteiger partial charge in [-0.3, -0.25) is 0 Å². The maximum absolute atomic E-state index is 5.77. The highest BCUT2D eigenvalue weighted by molar-refractivity contribution is 5.42. The zero-order valence-corrected chi connectivity index (χ0v) is 12.9. The number of anilines is 1. The Bertz CT molecular complexity index is 562. The van der Waals surface area contributed by atoms with Gasteiger partial charge in [0.15, 0.2) is 0 Å². The molecule has 1 aliphatic carbocycles. The van der Waals surface area contributed by atoms with E-state index in [4.69, 9.17) is 5.73 Å². The number of benzene rings is 2. The summed E-state index contributed by atoms with van der Waals surface area (Å²) in [5.41, 5.74) is 10.8. The van der Waals surface area contributed by atoms with Crippen molar-refractivity contribution in [2.75, 3.05) is 5.73 Å². The summed E-state index contributed by atoms with van der Waals surface area (Å²) in [6.45, 7) is 2.27. The van der Waals surface area contributed by atoms with E-state index in [0.717, 1.165) is 11.6 Å². The van der Waals surface area contributed by atoms with Crippen molar-refractivity contribution in [1.29, 1.82) is 0 Å². The molecule has 1 saturated carbocycles. The van der Waals surface area contributed by atoms with Gasteiger partial charge in [-0.1, -0.05) is 62.6 Å². The fraction of sp³-hybridized carbons (Fsp3) is 0.400. The van der Waals surface area contributed by atoms with Crippen LogP contribution in [0.4, 0.5) is 5.69 Å². The van der Waals surface area contributed by atoms with E-state index < -0.39 is 0 Å². The van der Waals surface area contributed by atoms with Crippen LogP contribution in [0.1, 0.15) is 67.6 Å². The molecule has 0 heterocycles. The molecule has 0 radical (unpaired) electrons. The van der Waals surface area contributed by atoms with Gasteiger partial charge in [0.05, 0.1) is 0 Å². The Morgan fingerprint density at radius 3 is 1.90 bits per heavy atom. The number of hydrogen-bond donors (Lipinski definition) is 1. The minimum atomic E-state index is 0.422. The minimum absolute atomic E-state index is 0.422. The Morgan fingerprint density at radius 1 is 0.810 bits per heavy atom. The standard InChI is InChI=1S/C20H25N/c1-15(17-11-13-20(21)14-12-17)16-7-9-19(10-8-16)18-5-3-2-4-6-18/h7-15,18H,2-6,21H2,1H3. The van der Waals surface area contributed by atoms with E-state index in [1.165, 1.54) is 48.8 Å². The second-order valence-electron chi connectivity index (χ2n) is 6.39. The SMILES string of the molecule is CC(c1ccc(N)cc1)c1ccc(C2CCCCC2)cc1. The first-order valence-corrected chi connectivity index (χ1v) is 8.19. The summed E-state index contributed by atoms with van der Waals surface area (Å²) in [6.07, 6.45) is 6.95. The van der Waals surface area contributed by atoms with Gasteiger partial charge in [0.1, 0.15) is 0 Å². The minimum Gasteiger partial charge on any atom is -0.399 e. The molecule has 2 aromatic carbocycles. The molecule has 1 aliphatic rings. The third-order valence-electron chi connectivity index (χ3n) is 4.95. The van der Waals surface area contributed by atoms with Gasteiger partial charge >= 0.3 is 0 Å². The average Bonchev–Trinajstić information content (AvgIpc) is 2.56. The molecule has 110 valence electrons. The van der Waals surface area contributed by atoms with Crippen LogP contribution in [0.5, 0.6) is 0 Å². The molecule has 1 unspecified atom stereocenters. The molecule has 0 saturated heterocycles. The van der Waals surface area contributed by atoms with Gasteiger partial charge in [-0.15, -0.1) is 0 Å². The fourth-order valence-electron chi connectivity index (χ4n) is 3.47. The van der Waals surface area contributed by atoms with E-state index in [0.29, 0.717) is 5.92 Å². The molecule has 3 rings (SSSR count). The summed E-state index contributed by atoms with van der Waals surface area (Å²) in [5.74, 6) is 1.21. The van der Waals surface area contributed by atoms with Crippen molar-refractivity contribution >= 4 is 5.69 Å². The first kappa shape index (κ1) is 14.2. The van der Waals surface area contributed by atoms with Crippen LogP contribution >= 0.6 is 0 Å². The molecule has 1 fully saturated rings. The summed E-state index contributed by atoms with van der Waals surface area (Å²) >= 11 is 0. The van der Waals surface area contributed by atoms with Crippen LogP contribution in [0, 0.1) is 0 Å². The summed E-state index contributed by atoms with van der Waals surface area (Å²) in [4.78, 5) is 0. The zero-order chi connectivity index (χ0) is 14.7. The van der Waals surface area contributed by atoms with E-state index >= 15 is 0 Å². The molecule has 1 atom stereocenters. The second kappa shape index (κ2) is 6.34. The van der Waals surface area contributed by atoms with Crippen molar-refractivity contribution in [3.05, 3.63) is 65.2 Å². The van der Waals surface area contributed by atoms with Crippen molar-refractivity contribution in [2.24, 2.45) is 0 Å². The average molecular weight is 279 g/mol. The van der Waals surface area contributed by atoms with E-state index in [-0.39, 0.29) is 0 Å². The predicted molar refractivity (Wildman–Crippen MR) is 90.6 cm³/mol. The van der Waals surface area contributed by atoms with Gasteiger partial charge < -0.3 is 5.73 Å². The normalized spacial score (nSPS) is 17.6. The molecular weight excluding hydrogens is 254 g/mol. The first-order valence-electron chi connectivity index (χ1n) is 8.19. The largest absolute Gasteiger partial charge is 0.399 e. The van der Waals surface area contributed by atoms with Crippen molar-refractivity contribution in [2.45, 2.75) is 50.9 Å². The van der Waals surface area contributed by atoms with Crippen molar-refractivity contribution in [1.82, 2.24) is 0 Å². The molecule has 0 spiro atoms. The zero-order valence-electron chi connectivity index (χ0n) is 12.9. The highest BCUT2D eigenvalue weighted by Gasteiger charge is 2.16. The molecule has 0 bridgehead atoms. The Labute approximate surface area is 128 Å². The quantitative estimate of drug-likeness (QED) is 0.741. The lowest BCUT2D eigenvalue weighted by atomic mass is 9.83. The van der Waals surface area contributed by atoms with Crippen LogP contribution in [-0.2, 0) is 0 Å². The molecule has 2 aromatic rings. The number of hydrogen-bond acceptors (Lipinski definition) is 1. The molecule has 21 heavy (non-hydrogen) atoms. The summed E-state index contributed by atoms with van der Waals surface area (Å²) in [6, 6.07) is 17.6. The Hall–Kier alpha value is -1.76. The van der Waals surface area contributed by atoms with Gasteiger partial charge in [0.25, 0.3) is 0 Å². The van der Waals surface area contributed by atoms with Gasteiger partial charge in [-0.25, -0.2) is 0 Å². The van der Waals surface area contributed by atoms with E-state index in [1.54, 1.807) is 0 Å².